The molecule has 0 aliphatic heterocycles. The van der Waals surface area contributed by atoms with E-state index in [-0.39, 0.29) is 4.90 Å². The molecule has 1 aliphatic rings. The van der Waals surface area contributed by atoms with Gasteiger partial charge in [-0.1, -0.05) is 28.4 Å². The molecule has 1 N–H and O–H groups in total. The Labute approximate surface area is 121 Å². The number of benzene rings is 1. The van der Waals surface area contributed by atoms with Crippen LogP contribution in [-0.4, -0.2) is 20.3 Å². The quantitative estimate of drug-likeness (QED) is 0.830. The molecule has 19 heavy (non-hydrogen) atoms. The summed E-state index contributed by atoms with van der Waals surface area (Å²) in [6.45, 7) is 0.426. The predicted molar refractivity (Wildman–Crippen MR) is 76.2 cm³/mol. The summed E-state index contributed by atoms with van der Waals surface area (Å²) in [4.78, 5) is -0.0131. The lowest BCUT2D eigenvalue weighted by Crippen LogP contribution is -2.31. The first-order valence-corrected chi connectivity index (χ1v) is 8.94. The second-order valence-corrected chi connectivity index (χ2v) is 7.33. The van der Waals surface area contributed by atoms with E-state index in [1.54, 1.807) is 0 Å². The van der Waals surface area contributed by atoms with E-state index in [0.29, 0.717) is 18.4 Å². The second kappa shape index (κ2) is 6.33. The number of hydrogen-bond donors (Lipinski definition) is 1. The molecule has 0 heterocycles. The summed E-state index contributed by atoms with van der Waals surface area (Å²) >= 11 is 3.46. The van der Waals surface area contributed by atoms with Gasteiger partial charge in [-0.25, -0.2) is 17.5 Å². The van der Waals surface area contributed by atoms with Crippen LogP contribution in [0.3, 0.4) is 0 Å². The monoisotopic (exact) mass is 349 g/mol. The number of hydrogen-bond acceptors (Lipinski definition) is 2. The van der Waals surface area contributed by atoms with Crippen molar-refractivity contribution in [2.45, 2.75) is 24.2 Å². The van der Waals surface area contributed by atoms with Crippen LogP contribution in [0, 0.1) is 17.7 Å². The van der Waals surface area contributed by atoms with Gasteiger partial charge in [-0.15, -0.1) is 0 Å². The van der Waals surface area contributed by atoms with Gasteiger partial charge in [0.2, 0.25) is 10.0 Å². The molecular formula is C13H17BrFNO2S. The molecule has 2 rings (SSSR count). The van der Waals surface area contributed by atoms with E-state index >= 15 is 0 Å². The van der Waals surface area contributed by atoms with Crippen LogP contribution in [-0.2, 0) is 10.0 Å². The topological polar surface area (TPSA) is 46.2 Å². The summed E-state index contributed by atoms with van der Waals surface area (Å²) in [5.41, 5.74) is 0. The number of halogens is 2. The molecular weight excluding hydrogens is 333 g/mol. The molecule has 1 aromatic carbocycles. The van der Waals surface area contributed by atoms with E-state index in [9.17, 15) is 12.8 Å². The molecule has 0 amide bonds. The Morgan fingerprint density at radius 1 is 1.32 bits per heavy atom. The van der Waals surface area contributed by atoms with Crippen LogP contribution in [0.15, 0.2) is 29.2 Å². The highest BCUT2D eigenvalue weighted by molar-refractivity contribution is 9.09. The Morgan fingerprint density at radius 3 is 2.74 bits per heavy atom. The van der Waals surface area contributed by atoms with Gasteiger partial charge in [0.05, 0.1) is 4.90 Å². The fourth-order valence-electron chi connectivity index (χ4n) is 2.52. The number of rotatable bonds is 5. The van der Waals surface area contributed by atoms with E-state index in [4.69, 9.17) is 0 Å². The maximum atomic E-state index is 13.1. The van der Waals surface area contributed by atoms with Crippen LogP contribution in [0.5, 0.6) is 0 Å². The molecule has 2 unspecified atom stereocenters. The van der Waals surface area contributed by atoms with Crippen molar-refractivity contribution in [1.82, 2.24) is 4.72 Å². The fourth-order valence-corrected chi connectivity index (χ4v) is 4.50. The Hall–Kier alpha value is -0.460. The van der Waals surface area contributed by atoms with E-state index in [1.165, 1.54) is 18.2 Å². The average Bonchev–Trinajstić information content (AvgIpc) is 2.84. The average molecular weight is 350 g/mol. The molecule has 3 nitrogen and oxygen atoms in total. The summed E-state index contributed by atoms with van der Waals surface area (Å²) in [5.74, 6) is 0.347. The number of nitrogens with one attached hydrogen (secondary N) is 1. The molecule has 1 aromatic rings. The smallest absolute Gasteiger partial charge is 0.211 e. The molecule has 0 bridgehead atoms. The number of sulfonamides is 1. The third-order valence-corrected chi connectivity index (χ3v) is 5.91. The molecule has 1 aliphatic carbocycles. The van der Waals surface area contributed by atoms with Crippen molar-refractivity contribution in [2.75, 3.05) is 11.9 Å². The molecule has 6 heteroatoms. The molecule has 0 aromatic heterocycles. The van der Waals surface area contributed by atoms with E-state index < -0.39 is 15.8 Å². The molecule has 106 valence electrons. The minimum Gasteiger partial charge on any atom is -0.211 e. The number of alkyl halides is 1. The summed E-state index contributed by atoms with van der Waals surface area (Å²) in [7, 11) is -3.61. The summed E-state index contributed by atoms with van der Waals surface area (Å²) in [5, 5.41) is 0.902. The van der Waals surface area contributed by atoms with Crippen LogP contribution in [0.25, 0.3) is 0 Å². The maximum Gasteiger partial charge on any atom is 0.240 e. The van der Waals surface area contributed by atoms with Crippen molar-refractivity contribution in [3.05, 3.63) is 30.1 Å². The van der Waals surface area contributed by atoms with E-state index in [0.717, 1.165) is 30.7 Å². The van der Waals surface area contributed by atoms with Gasteiger partial charge in [0.25, 0.3) is 0 Å². The van der Waals surface area contributed by atoms with Crippen LogP contribution in [0.4, 0.5) is 4.39 Å². The normalized spacial score (nSPS) is 23.7. The first kappa shape index (κ1) is 14.9. The Morgan fingerprint density at radius 2 is 2.05 bits per heavy atom. The third kappa shape index (κ3) is 3.77. The van der Waals surface area contributed by atoms with E-state index in [1.807, 2.05) is 0 Å². The van der Waals surface area contributed by atoms with Gasteiger partial charge >= 0.3 is 0 Å². The van der Waals surface area contributed by atoms with Crippen molar-refractivity contribution in [3.8, 4) is 0 Å². The van der Waals surface area contributed by atoms with E-state index in [2.05, 4.69) is 20.7 Å². The van der Waals surface area contributed by atoms with Gasteiger partial charge < -0.3 is 0 Å². The minimum absolute atomic E-state index is 0.0131. The SMILES string of the molecule is O=S(=O)(NCC1CCCC1CBr)c1cccc(F)c1. The summed E-state index contributed by atoms with van der Waals surface area (Å²) in [6, 6.07) is 5.08. The standard InChI is InChI=1S/C13H17BrFNO2S/c14-8-10-3-1-4-11(10)9-16-19(17,18)13-6-2-5-12(15)7-13/h2,5-7,10-11,16H,1,3-4,8-9H2. The highest BCUT2D eigenvalue weighted by Crippen LogP contribution is 2.32. The first-order valence-electron chi connectivity index (χ1n) is 6.34. The summed E-state index contributed by atoms with van der Waals surface area (Å²) in [6.07, 6.45) is 3.32. The zero-order chi connectivity index (χ0) is 13.9. The Kier molecular flexibility index (Phi) is 4.97. The lowest BCUT2D eigenvalue weighted by molar-refractivity contribution is 0.422. The lowest BCUT2D eigenvalue weighted by Gasteiger charge is -2.17. The van der Waals surface area contributed by atoms with Gasteiger partial charge in [-0.2, -0.15) is 0 Å². The van der Waals surface area contributed by atoms with Crippen LogP contribution in [0.2, 0.25) is 0 Å². The summed E-state index contributed by atoms with van der Waals surface area (Å²) < 4.78 is 39.7. The molecule has 2 atom stereocenters. The third-order valence-electron chi connectivity index (χ3n) is 3.66. The maximum absolute atomic E-state index is 13.1. The lowest BCUT2D eigenvalue weighted by atomic mass is 9.99. The molecule has 1 fully saturated rings. The van der Waals surface area contributed by atoms with Gasteiger partial charge in [-0.05, 0) is 42.9 Å². The van der Waals surface area contributed by atoms with Crippen molar-refractivity contribution >= 4 is 26.0 Å². The predicted octanol–water partition coefficient (Wildman–Crippen LogP) is 2.92. The van der Waals surface area contributed by atoms with Crippen LogP contribution < -0.4 is 4.72 Å². The highest BCUT2D eigenvalue weighted by atomic mass is 79.9. The van der Waals surface area contributed by atoms with Crippen LogP contribution in [0.1, 0.15) is 19.3 Å². The zero-order valence-corrected chi connectivity index (χ0v) is 12.9. The highest BCUT2D eigenvalue weighted by Gasteiger charge is 2.27. The van der Waals surface area contributed by atoms with Gasteiger partial charge in [0.1, 0.15) is 5.82 Å². The Balaban J connectivity index is 2.02. The van der Waals surface area contributed by atoms with Crippen molar-refractivity contribution in [1.29, 1.82) is 0 Å². The van der Waals surface area contributed by atoms with Gasteiger partial charge in [0.15, 0.2) is 0 Å². The molecule has 0 spiro atoms. The minimum atomic E-state index is -3.61. The fraction of sp³-hybridized carbons (Fsp3) is 0.538. The van der Waals surface area contributed by atoms with Gasteiger partial charge in [-0.3, -0.25) is 0 Å². The van der Waals surface area contributed by atoms with Crippen molar-refractivity contribution < 1.29 is 12.8 Å². The molecule has 1 saturated carbocycles. The van der Waals surface area contributed by atoms with Crippen LogP contribution >= 0.6 is 15.9 Å². The largest absolute Gasteiger partial charge is 0.240 e. The first-order chi connectivity index (χ1) is 9.03. The Bertz CT molecular complexity index is 535. The molecule has 0 radical (unpaired) electrons. The second-order valence-electron chi connectivity index (χ2n) is 4.91. The van der Waals surface area contributed by atoms with Crippen molar-refractivity contribution in [2.24, 2.45) is 11.8 Å². The molecule has 0 saturated heterocycles. The zero-order valence-electron chi connectivity index (χ0n) is 10.5. The van der Waals surface area contributed by atoms with Gasteiger partial charge in [0, 0.05) is 11.9 Å². The van der Waals surface area contributed by atoms with Crippen molar-refractivity contribution in [3.63, 3.8) is 0 Å².